The van der Waals surface area contributed by atoms with Crippen LogP contribution in [0, 0.1) is 0 Å². The van der Waals surface area contributed by atoms with Crippen molar-refractivity contribution < 1.29 is 23.9 Å². The van der Waals surface area contributed by atoms with Gasteiger partial charge in [-0.05, 0) is 104 Å². The van der Waals surface area contributed by atoms with E-state index in [-0.39, 0.29) is 37.1 Å². The van der Waals surface area contributed by atoms with Crippen LogP contribution in [0.5, 0.6) is 0 Å². The maximum atomic E-state index is 11.6. The molecule has 18 N–H and O–H groups in total. The van der Waals surface area contributed by atoms with Crippen molar-refractivity contribution in [3.8, 4) is 0 Å². The van der Waals surface area contributed by atoms with Crippen LogP contribution in [0.25, 0.3) is 0 Å². The first-order chi connectivity index (χ1) is 26.5. The van der Waals surface area contributed by atoms with E-state index in [2.05, 4.69) is 48.5 Å². The Labute approximate surface area is 330 Å². The molecule has 0 bridgehead atoms. The average molecular weight is 787 g/mol. The molecule has 55 heavy (non-hydrogen) atoms. The van der Waals surface area contributed by atoms with Gasteiger partial charge in [-0.25, -0.2) is 9.59 Å². The SMILES string of the molecule is C=C(COC(=O)NCCCCNCCCN)NCCCCCCN=C(N)N.C[C@@H](N)CCNCCCCNC(=O)OCC(=O)NCCCCCCN=C(N)N. The van der Waals surface area contributed by atoms with Crippen LogP contribution in [-0.4, -0.2) is 121 Å². The fourth-order valence-electron chi connectivity index (χ4n) is 4.52. The molecule has 0 rings (SSSR count). The van der Waals surface area contributed by atoms with Gasteiger partial charge in [-0.15, -0.1) is 0 Å². The highest BCUT2D eigenvalue weighted by atomic mass is 16.6. The van der Waals surface area contributed by atoms with Crippen LogP contribution in [0.1, 0.15) is 96.8 Å². The van der Waals surface area contributed by atoms with Gasteiger partial charge in [0.1, 0.15) is 6.61 Å². The Balaban J connectivity index is 0. The smallest absolute Gasteiger partial charge is 0.407 e. The zero-order valence-corrected chi connectivity index (χ0v) is 33.8. The van der Waals surface area contributed by atoms with Crippen LogP contribution in [-0.2, 0) is 14.3 Å². The maximum absolute atomic E-state index is 11.6. The van der Waals surface area contributed by atoms with E-state index >= 15 is 0 Å². The highest BCUT2D eigenvalue weighted by Crippen LogP contribution is 2.01. The summed E-state index contributed by atoms with van der Waals surface area (Å²) in [6.07, 6.45) is 12.6. The minimum atomic E-state index is -0.570. The summed E-state index contributed by atoms with van der Waals surface area (Å²) in [5.74, 6) is -0.0392. The van der Waals surface area contributed by atoms with Crippen LogP contribution in [0.3, 0.4) is 0 Å². The lowest BCUT2D eigenvalue weighted by Gasteiger charge is -2.11. The summed E-state index contributed by atoms with van der Waals surface area (Å²) in [6.45, 7) is 13.9. The van der Waals surface area contributed by atoms with Gasteiger partial charge < -0.3 is 75.8 Å². The molecule has 3 amide bonds. The molecule has 0 aliphatic heterocycles. The van der Waals surface area contributed by atoms with E-state index in [1.54, 1.807) is 0 Å². The molecule has 0 saturated heterocycles. The summed E-state index contributed by atoms with van der Waals surface area (Å²) in [6, 6.07) is 0.211. The molecule has 322 valence electrons. The Morgan fingerprint density at radius 1 is 0.564 bits per heavy atom. The van der Waals surface area contributed by atoms with Crippen molar-refractivity contribution in [1.29, 1.82) is 0 Å². The summed E-state index contributed by atoms with van der Waals surface area (Å²) in [7, 11) is 0. The zero-order chi connectivity index (χ0) is 41.2. The Morgan fingerprint density at radius 2 is 0.982 bits per heavy atom. The molecule has 0 saturated carbocycles. The number of carbonyl (C=O) groups is 3. The molecule has 0 unspecified atom stereocenters. The van der Waals surface area contributed by atoms with Gasteiger partial charge in [-0.3, -0.25) is 14.8 Å². The normalized spacial score (nSPS) is 10.9. The molecule has 19 nitrogen and oxygen atoms in total. The van der Waals surface area contributed by atoms with Gasteiger partial charge in [0.2, 0.25) is 0 Å². The third-order valence-corrected chi connectivity index (χ3v) is 7.60. The lowest BCUT2D eigenvalue weighted by molar-refractivity contribution is -0.123. The van der Waals surface area contributed by atoms with Crippen molar-refractivity contribution >= 4 is 30.0 Å². The Kier molecular flexibility index (Phi) is 39.6. The number of aliphatic imine (C=N–C) groups is 2. The summed E-state index contributed by atoms with van der Waals surface area (Å²) in [5.41, 5.74) is 32.8. The molecule has 0 fully saturated rings. The second kappa shape index (κ2) is 41.1. The van der Waals surface area contributed by atoms with E-state index in [9.17, 15) is 14.4 Å². The average Bonchev–Trinajstić information content (AvgIpc) is 3.14. The van der Waals surface area contributed by atoms with Gasteiger partial charge in [-0.2, -0.15) is 0 Å². The minimum absolute atomic E-state index is 0.112. The number of nitrogens with one attached hydrogen (secondary N) is 6. The number of guanidine groups is 2. The number of carbonyl (C=O) groups excluding carboxylic acids is 3. The third-order valence-electron chi connectivity index (χ3n) is 7.60. The molecule has 0 aliphatic carbocycles. The lowest BCUT2D eigenvalue weighted by atomic mass is 10.2. The number of nitrogens with two attached hydrogens (primary N) is 6. The van der Waals surface area contributed by atoms with Crippen LogP contribution < -0.4 is 66.3 Å². The van der Waals surface area contributed by atoms with Crippen LogP contribution in [0.2, 0.25) is 0 Å². The molecule has 0 spiro atoms. The molecule has 0 radical (unpaired) electrons. The fraction of sp³-hybridized carbons (Fsp3) is 0.806. The number of amides is 3. The van der Waals surface area contributed by atoms with Gasteiger partial charge >= 0.3 is 12.2 Å². The number of alkyl carbamates (subject to hydrolysis) is 2. The van der Waals surface area contributed by atoms with Crippen molar-refractivity contribution in [3.05, 3.63) is 12.3 Å². The van der Waals surface area contributed by atoms with E-state index in [1.165, 1.54) is 0 Å². The van der Waals surface area contributed by atoms with Crippen molar-refractivity contribution in [2.75, 3.05) is 85.2 Å². The van der Waals surface area contributed by atoms with Gasteiger partial charge in [0.15, 0.2) is 18.5 Å². The summed E-state index contributed by atoms with van der Waals surface area (Å²) in [4.78, 5) is 42.5. The predicted molar refractivity (Wildman–Crippen MR) is 223 cm³/mol. The van der Waals surface area contributed by atoms with Crippen molar-refractivity contribution in [2.24, 2.45) is 44.4 Å². The van der Waals surface area contributed by atoms with Crippen LogP contribution in [0.15, 0.2) is 22.3 Å². The number of hydrogen-bond donors (Lipinski definition) is 12. The number of hydrogen-bond acceptors (Lipinski definition) is 12. The van der Waals surface area contributed by atoms with E-state index in [4.69, 9.17) is 43.9 Å². The largest absolute Gasteiger partial charge is 0.443 e. The molecule has 0 aromatic heterocycles. The first kappa shape index (κ1) is 53.0. The molecule has 0 aromatic rings. The third kappa shape index (κ3) is 47.9. The van der Waals surface area contributed by atoms with E-state index < -0.39 is 12.2 Å². The quantitative estimate of drug-likeness (QED) is 0.0231. The van der Waals surface area contributed by atoms with Crippen molar-refractivity contribution in [3.63, 3.8) is 0 Å². The Morgan fingerprint density at radius 3 is 1.49 bits per heavy atom. The number of rotatable bonds is 35. The predicted octanol–water partition coefficient (Wildman–Crippen LogP) is 0.138. The van der Waals surface area contributed by atoms with E-state index in [1.807, 2.05) is 6.92 Å². The van der Waals surface area contributed by atoms with Gasteiger partial charge in [-0.1, -0.05) is 32.3 Å². The number of unbranched alkanes of at least 4 members (excludes halogenated alkanes) is 8. The van der Waals surface area contributed by atoms with E-state index in [0.29, 0.717) is 45.0 Å². The van der Waals surface area contributed by atoms with Gasteiger partial charge in [0.25, 0.3) is 5.91 Å². The second-order valence-electron chi connectivity index (χ2n) is 13.2. The molecule has 0 heterocycles. The fourth-order valence-corrected chi connectivity index (χ4v) is 4.52. The standard InChI is InChI=1S/C18H39N7O3.C18H39N7O2/c1-15(19)8-13-22-9-6-7-12-25-18(27)28-14-16(26)23-10-4-2-3-5-11-24-17(20)21;1-16(23-12-4-2-3-5-13-24-17(20)21)15-27-18(26)25-14-7-6-10-22-11-8-9-19/h15,22H,2-14,19H2,1H3,(H,23,26)(H,25,27)(H4,20,21,24);22-23H,1-15,19H2,(H,25,26)(H4,20,21,24)/t15-;/m1./s1. The molecule has 0 aromatic carbocycles. The van der Waals surface area contributed by atoms with Crippen LogP contribution in [0.4, 0.5) is 9.59 Å². The molecular formula is C36H78N14O5. The molecule has 19 heteroatoms. The lowest BCUT2D eigenvalue weighted by Crippen LogP contribution is -2.33. The van der Waals surface area contributed by atoms with E-state index in [0.717, 1.165) is 123 Å². The topological polar surface area (TPSA) is 323 Å². The van der Waals surface area contributed by atoms with Crippen molar-refractivity contribution in [1.82, 2.24) is 31.9 Å². The zero-order valence-electron chi connectivity index (χ0n) is 33.8. The monoisotopic (exact) mass is 787 g/mol. The maximum Gasteiger partial charge on any atom is 0.407 e. The molecular weight excluding hydrogens is 708 g/mol. The number of ether oxygens (including phenoxy) is 2. The number of nitrogens with zero attached hydrogens (tertiary/aromatic N) is 2. The minimum Gasteiger partial charge on any atom is -0.443 e. The highest BCUT2D eigenvalue weighted by molar-refractivity contribution is 5.80. The first-order valence-electron chi connectivity index (χ1n) is 19.9. The first-order valence-corrected chi connectivity index (χ1v) is 19.9. The molecule has 1 atom stereocenters. The summed E-state index contributed by atoms with van der Waals surface area (Å²) >= 11 is 0. The Bertz CT molecular complexity index is 1010. The highest BCUT2D eigenvalue weighted by Gasteiger charge is 2.06. The molecule has 0 aliphatic rings. The summed E-state index contributed by atoms with van der Waals surface area (Å²) in [5, 5.41) is 17.9. The second-order valence-corrected chi connectivity index (χ2v) is 13.2. The summed E-state index contributed by atoms with van der Waals surface area (Å²) < 4.78 is 9.99. The van der Waals surface area contributed by atoms with Gasteiger partial charge in [0.05, 0.1) is 0 Å². The van der Waals surface area contributed by atoms with Gasteiger partial charge in [0, 0.05) is 51.0 Å². The Hall–Kier alpha value is -4.07. The van der Waals surface area contributed by atoms with Crippen molar-refractivity contribution in [2.45, 2.75) is 103 Å². The van der Waals surface area contributed by atoms with Crippen LogP contribution >= 0.6 is 0 Å².